The van der Waals surface area contributed by atoms with E-state index in [0.717, 1.165) is 25.7 Å². The van der Waals surface area contributed by atoms with E-state index in [9.17, 15) is 14.7 Å². The Kier molecular flexibility index (Phi) is 7.76. The molecule has 0 spiro atoms. The van der Waals surface area contributed by atoms with Crippen LogP contribution in [0.4, 0.5) is 0 Å². The van der Waals surface area contributed by atoms with Crippen molar-refractivity contribution in [1.82, 2.24) is 9.66 Å². The van der Waals surface area contributed by atoms with Crippen molar-refractivity contribution in [2.24, 2.45) is 5.10 Å². The number of ether oxygens (including phenoxy) is 2. The number of para-hydroxylation sites is 1. The number of benzene rings is 2. The van der Waals surface area contributed by atoms with Crippen molar-refractivity contribution in [1.29, 1.82) is 0 Å². The zero-order chi connectivity index (χ0) is 25.1. The molecule has 0 amide bonds. The Labute approximate surface area is 215 Å². The minimum Gasteiger partial charge on any atom is -0.493 e. The highest BCUT2D eigenvalue weighted by Crippen LogP contribution is 2.42. The van der Waals surface area contributed by atoms with Crippen LogP contribution in [0, 0.1) is 0 Å². The summed E-state index contributed by atoms with van der Waals surface area (Å²) in [6.45, 7) is 1.40. The number of carboxylic acids is 1. The molecular formula is C25H25BrClN3O5. The molecule has 10 heteroatoms. The Morgan fingerprint density at radius 3 is 2.71 bits per heavy atom. The fourth-order valence-corrected chi connectivity index (χ4v) is 4.83. The third kappa shape index (κ3) is 5.21. The van der Waals surface area contributed by atoms with Crippen molar-refractivity contribution < 1.29 is 19.4 Å². The summed E-state index contributed by atoms with van der Waals surface area (Å²) in [6, 6.07) is 8.87. The number of nitrogens with zero attached hydrogens (tertiary/aromatic N) is 3. The van der Waals surface area contributed by atoms with Gasteiger partial charge in [-0.1, -0.05) is 43.0 Å². The van der Waals surface area contributed by atoms with Gasteiger partial charge in [0, 0.05) is 16.0 Å². The van der Waals surface area contributed by atoms with Crippen molar-refractivity contribution >= 4 is 50.6 Å². The summed E-state index contributed by atoms with van der Waals surface area (Å²) < 4.78 is 12.7. The first-order valence-electron chi connectivity index (χ1n) is 11.3. The SMILES string of the molecule is COc1cc(C=Nn2c(C3CCCCC3)nc3ccccc3c2=O)c(Br)c(Cl)c1O[C@@H](C)C(=O)O. The van der Waals surface area contributed by atoms with Gasteiger partial charge in [0.2, 0.25) is 0 Å². The molecule has 4 rings (SSSR count). The normalized spacial score (nSPS) is 15.4. The summed E-state index contributed by atoms with van der Waals surface area (Å²) in [5.74, 6) is -0.00445. The summed E-state index contributed by atoms with van der Waals surface area (Å²) in [4.78, 5) is 29.5. The number of aromatic nitrogens is 2. The van der Waals surface area contributed by atoms with Gasteiger partial charge in [0.1, 0.15) is 10.8 Å². The number of methoxy groups -OCH3 is 1. The van der Waals surface area contributed by atoms with Gasteiger partial charge in [-0.15, -0.1) is 0 Å². The van der Waals surface area contributed by atoms with Crippen LogP contribution in [0.15, 0.2) is 44.7 Å². The molecule has 0 radical (unpaired) electrons. The van der Waals surface area contributed by atoms with Crippen molar-refractivity contribution in [3.05, 3.63) is 61.6 Å². The Morgan fingerprint density at radius 2 is 2.03 bits per heavy atom. The van der Waals surface area contributed by atoms with Crippen LogP contribution in [0.3, 0.4) is 0 Å². The van der Waals surface area contributed by atoms with Crippen molar-refractivity contribution in [3.8, 4) is 11.5 Å². The first-order valence-corrected chi connectivity index (χ1v) is 12.5. The molecule has 3 aromatic rings. The van der Waals surface area contributed by atoms with Gasteiger partial charge in [-0.3, -0.25) is 4.79 Å². The molecule has 1 atom stereocenters. The number of hydrogen-bond donors (Lipinski definition) is 1. The minimum atomic E-state index is -1.14. The summed E-state index contributed by atoms with van der Waals surface area (Å²) in [5.41, 5.74) is 0.943. The molecule has 0 bridgehead atoms. The molecule has 1 aromatic heterocycles. The molecule has 0 unspecified atom stereocenters. The van der Waals surface area contributed by atoms with Crippen molar-refractivity contribution in [3.63, 3.8) is 0 Å². The van der Waals surface area contributed by atoms with Crippen LogP contribution in [0.2, 0.25) is 5.02 Å². The van der Waals surface area contributed by atoms with Crippen LogP contribution in [0.1, 0.15) is 56.3 Å². The Hall–Kier alpha value is -2.91. The lowest BCUT2D eigenvalue weighted by atomic mass is 9.88. The number of rotatable bonds is 7. The first kappa shape index (κ1) is 25.2. The maximum absolute atomic E-state index is 13.4. The van der Waals surface area contributed by atoms with Crippen LogP contribution in [-0.4, -0.2) is 40.2 Å². The summed E-state index contributed by atoms with van der Waals surface area (Å²) in [7, 11) is 1.43. The van der Waals surface area contributed by atoms with E-state index in [0.29, 0.717) is 26.8 Å². The molecule has 8 nitrogen and oxygen atoms in total. The molecule has 0 aliphatic heterocycles. The summed E-state index contributed by atoms with van der Waals surface area (Å²) in [5, 5.41) is 14.3. The van der Waals surface area contributed by atoms with Crippen LogP contribution < -0.4 is 15.0 Å². The van der Waals surface area contributed by atoms with Gasteiger partial charge in [-0.2, -0.15) is 9.78 Å². The van der Waals surface area contributed by atoms with Crippen LogP contribution in [-0.2, 0) is 4.79 Å². The van der Waals surface area contributed by atoms with Gasteiger partial charge < -0.3 is 14.6 Å². The monoisotopic (exact) mass is 561 g/mol. The zero-order valence-electron chi connectivity index (χ0n) is 19.3. The van der Waals surface area contributed by atoms with Crippen LogP contribution in [0.25, 0.3) is 10.9 Å². The molecule has 1 N–H and O–H groups in total. The number of halogens is 2. The Morgan fingerprint density at radius 1 is 1.31 bits per heavy atom. The van der Waals surface area contributed by atoms with Gasteiger partial charge in [0.15, 0.2) is 17.6 Å². The maximum atomic E-state index is 13.4. The lowest BCUT2D eigenvalue weighted by Crippen LogP contribution is -2.25. The second-order valence-corrected chi connectivity index (χ2v) is 9.58. The minimum absolute atomic E-state index is 0.0977. The van der Waals surface area contributed by atoms with E-state index in [4.69, 9.17) is 26.1 Å². The average molecular weight is 563 g/mol. The molecular weight excluding hydrogens is 538 g/mol. The molecule has 1 aliphatic rings. The molecule has 1 fully saturated rings. The smallest absolute Gasteiger partial charge is 0.344 e. The fraction of sp³-hybridized carbons (Fsp3) is 0.360. The van der Waals surface area contributed by atoms with E-state index in [1.54, 1.807) is 18.2 Å². The van der Waals surface area contributed by atoms with Crippen LogP contribution in [0.5, 0.6) is 11.5 Å². The van der Waals surface area contributed by atoms with Gasteiger partial charge in [0.05, 0.1) is 24.2 Å². The highest BCUT2D eigenvalue weighted by atomic mass is 79.9. The second-order valence-electron chi connectivity index (χ2n) is 8.41. The standard InChI is InChI=1S/C25H25BrClN3O5/c1-14(25(32)33)35-22-19(34-2)12-16(20(26)21(22)27)13-28-30-23(15-8-4-3-5-9-15)29-18-11-7-6-10-17(18)24(30)31/h6-7,10-15H,3-5,8-9H2,1-2H3,(H,32,33)/t14-/m0/s1. The molecule has 0 saturated heterocycles. The van der Waals surface area contributed by atoms with Crippen molar-refractivity contribution in [2.75, 3.05) is 7.11 Å². The molecule has 1 heterocycles. The van der Waals surface area contributed by atoms with Gasteiger partial charge in [-0.25, -0.2) is 9.78 Å². The highest BCUT2D eigenvalue weighted by molar-refractivity contribution is 9.10. The number of fused-ring (bicyclic) bond motifs is 1. The van der Waals surface area contributed by atoms with E-state index >= 15 is 0 Å². The number of aliphatic carboxylic acids is 1. The molecule has 1 saturated carbocycles. The van der Waals surface area contributed by atoms with E-state index in [1.165, 1.54) is 31.3 Å². The number of carbonyl (C=O) groups is 1. The van der Waals surface area contributed by atoms with E-state index in [2.05, 4.69) is 21.0 Å². The number of hydrogen-bond acceptors (Lipinski definition) is 6. The third-order valence-electron chi connectivity index (χ3n) is 6.08. The summed E-state index contributed by atoms with van der Waals surface area (Å²) >= 11 is 9.93. The number of carboxylic acid groups (broad SMARTS) is 1. The lowest BCUT2D eigenvalue weighted by Gasteiger charge is -2.22. The van der Waals surface area contributed by atoms with Gasteiger partial charge >= 0.3 is 5.97 Å². The topological polar surface area (TPSA) is 103 Å². The molecule has 35 heavy (non-hydrogen) atoms. The zero-order valence-corrected chi connectivity index (χ0v) is 21.7. The highest BCUT2D eigenvalue weighted by Gasteiger charge is 2.24. The van der Waals surface area contributed by atoms with Gasteiger partial charge in [-0.05, 0) is 53.9 Å². The van der Waals surface area contributed by atoms with E-state index in [1.807, 2.05) is 12.1 Å². The van der Waals surface area contributed by atoms with Gasteiger partial charge in [0.25, 0.3) is 5.56 Å². The lowest BCUT2D eigenvalue weighted by molar-refractivity contribution is -0.144. The van der Waals surface area contributed by atoms with Crippen LogP contribution >= 0.6 is 27.5 Å². The van der Waals surface area contributed by atoms with E-state index in [-0.39, 0.29) is 28.0 Å². The predicted molar refractivity (Wildman–Crippen MR) is 138 cm³/mol. The first-order chi connectivity index (χ1) is 16.8. The molecule has 1 aliphatic carbocycles. The molecule has 184 valence electrons. The third-order valence-corrected chi connectivity index (χ3v) is 7.52. The quantitative estimate of drug-likeness (QED) is 0.376. The summed E-state index contributed by atoms with van der Waals surface area (Å²) in [6.07, 6.45) is 5.64. The largest absolute Gasteiger partial charge is 0.493 e. The maximum Gasteiger partial charge on any atom is 0.344 e. The Bertz CT molecular complexity index is 1350. The average Bonchev–Trinajstić information content (AvgIpc) is 2.87. The van der Waals surface area contributed by atoms with E-state index < -0.39 is 12.1 Å². The van der Waals surface area contributed by atoms with Crippen molar-refractivity contribution in [2.45, 2.75) is 51.0 Å². The second kappa shape index (κ2) is 10.8. The molecule has 2 aromatic carbocycles. The predicted octanol–water partition coefficient (Wildman–Crippen LogP) is 5.60. The fourth-order valence-electron chi connectivity index (χ4n) is 4.18. The Balaban J connectivity index is 1.80.